The zero-order chi connectivity index (χ0) is 13.5. The Morgan fingerprint density at radius 2 is 2.11 bits per heavy atom. The SMILES string of the molecule is CC(=O)NCC(=O)N(CC1CCCCN1)C(C)C. The summed E-state index contributed by atoms with van der Waals surface area (Å²) < 4.78 is 0. The van der Waals surface area contributed by atoms with Crippen molar-refractivity contribution in [3.05, 3.63) is 0 Å². The van der Waals surface area contributed by atoms with Crippen molar-refractivity contribution < 1.29 is 9.59 Å². The van der Waals surface area contributed by atoms with Gasteiger partial charge in [0, 0.05) is 25.6 Å². The number of hydrogen-bond acceptors (Lipinski definition) is 3. The quantitative estimate of drug-likeness (QED) is 0.752. The van der Waals surface area contributed by atoms with Crippen LogP contribution in [0.2, 0.25) is 0 Å². The number of nitrogens with zero attached hydrogens (tertiary/aromatic N) is 1. The van der Waals surface area contributed by atoms with Crippen LogP contribution in [0.25, 0.3) is 0 Å². The highest BCUT2D eigenvalue weighted by atomic mass is 16.2. The Morgan fingerprint density at radius 3 is 2.61 bits per heavy atom. The first kappa shape index (κ1) is 15.0. The van der Waals surface area contributed by atoms with E-state index >= 15 is 0 Å². The second-order valence-corrected chi connectivity index (χ2v) is 5.20. The molecule has 18 heavy (non-hydrogen) atoms. The van der Waals surface area contributed by atoms with Crippen LogP contribution >= 0.6 is 0 Å². The van der Waals surface area contributed by atoms with Gasteiger partial charge in [-0.15, -0.1) is 0 Å². The summed E-state index contributed by atoms with van der Waals surface area (Å²) in [4.78, 5) is 24.7. The van der Waals surface area contributed by atoms with Gasteiger partial charge in [0.15, 0.2) is 0 Å². The zero-order valence-corrected chi connectivity index (χ0v) is 11.7. The Labute approximate surface area is 109 Å². The van der Waals surface area contributed by atoms with Gasteiger partial charge in [0.1, 0.15) is 0 Å². The van der Waals surface area contributed by atoms with Crippen molar-refractivity contribution in [3.63, 3.8) is 0 Å². The largest absolute Gasteiger partial charge is 0.347 e. The highest BCUT2D eigenvalue weighted by Gasteiger charge is 2.22. The summed E-state index contributed by atoms with van der Waals surface area (Å²) in [7, 11) is 0. The molecule has 0 aromatic heterocycles. The molecule has 5 heteroatoms. The molecule has 1 saturated heterocycles. The Bertz CT molecular complexity index is 286. The average molecular weight is 255 g/mol. The maximum atomic E-state index is 12.0. The summed E-state index contributed by atoms with van der Waals surface area (Å²) in [6.07, 6.45) is 3.57. The van der Waals surface area contributed by atoms with Crippen LogP contribution in [-0.2, 0) is 9.59 Å². The summed E-state index contributed by atoms with van der Waals surface area (Å²) in [6, 6.07) is 0.553. The fourth-order valence-electron chi connectivity index (χ4n) is 2.22. The Morgan fingerprint density at radius 1 is 1.39 bits per heavy atom. The van der Waals surface area contributed by atoms with Crippen LogP contribution < -0.4 is 10.6 Å². The van der Waals surface area contributed by atoms with Gasteiger partial charge in [-0.2, -0.15) is 0 Å². The summed E-state index contributed by atoms with van der Waals surface area (Å²) in [6.45, 7) is 7.31. The van der Waals surface area contributed by atoms with Crippen molar-refractivity contribution in [1.82, 2.24) is 15.5 Å². The molecule has 2 amide bonds. The summed E-state index contributed by atoms with van der Waals surface area (Å²) >= 11 is 0. The Balaban J connectivity index is 2.47. The molecule has 0 aromatic carbocycles. The molecule has 104 valence electrons. The number of hydrogen-bond donors (Lipinski definition) is 2. The van der Waals surface area contributed by atoms with Crippen molar-refractivity contribution in [2.24, 2.45) is 0 Å². The maximum Gasteiger partial charge on any atom is 0.242 e. The first-order valence-corrected chi connectivity index (χ1v) is 6.78. The maximum absolute atomic E-state index is 12.0. The third-order valence-electron chi connectivity index (χ3n) is 3.26. The lowest BCUT2D eigenvalue weighted by atomic mass is 10.0. The van der Waals surface area contributed by atoms with E-state index < -0.39 is 0 Å². The van der Waals surface area contributed by atoms with Crippen LogP contribution in [0.5, 0.6) is 0 Å². The minimum atomic E-state index is -0.164. The minimum Gasteiger partial charge on any atom is -0.347 e. The van der Waals surface area contributed by atoms with Crippen molar-refractivity contribution in [2.45, 2.75) is 52.1 Å². The van der Waals surface area contributed by atoms with E-state index in [1.807, 2.05) is 18.7 Å². The second-order valence-electron chi connectivity index (χ2n) is 5.20. The van der Waals surface area contributed by atoms with Gasteiger partial charge in [-0.25, -0.2) is 0 Å². The van der Waals surface area contributed by atoms with E-state index in [-0.39, 0.29) is 24.4 Å². The molecule has 0 spiro atoms. The van der Waals surface area contributed by atoms with Crippen molar-refractivity contribution in [1.29, 1.82) is 0 Å². The lowest BCUT2D eigenvalue weighted by Gasteiger charge is -2.33. The molecule has 0 aromatic rings. The molecule has 1 aliphatic heterocycles. The molecule has 1 atom stereocenters. The molecule has 1 heterocycles. The fraction of sp³-hybridized carbons (Fsp3) is 0.846. The molecular weight excluding hydrogens is 230 g/mol. The van der Waals surface area contributed by atoms with Crippen LogP contribution in [-0.4, -0.2) is 48.4 Å². The molecule has 1 unspecified atom stereocenters. The normalized spacial score (nSPS) is 19.7. The monoisotopic (exact) mass is 255 g/mol. The van der Waals surface area contributed by atoms with E-state index in [0.29, 0.717) is 6.04 Å². The lowest BCUT2D eigenvalue weighted by molar-refractivity contribution is -0.134. The first-order valence-electron chi connectivity index (χ1n) is 6.78. The van der Waals surface area contributed by atoms with E-state index in [2.05, 4.69) is 10.6 Å². The molecule has 0 bridgehead atoms. The third-order valence-corrected chi connectivity index (χ3v) is 3.26. The van der Waals surface area contributed by atoms with Crippen molar-refractivity contribution in [3.8, 4) is 0 Å². The number of amides is 2. The van der Waals surface area contributed by atoms with E-state index in [4.69, 9.17) is 0 Å². The van der Waals surface area contributed by atoms with Crippen molar-refractivity contribution >= 4 is 11.8 Å². The molecule has 0 aliphatic carbocycles. The van der Waals surface area contributed by atoms with Gasteiger partial charge in [-0.3, -0.25) is 9.59 Å². The minimum absolute atomic E-state index is 0.00688. The van der Waals surface area contributed by atoms with Gasteiger partial charge >= 0.3 is 0 Å². The lowest BCUT2D eigenvalue weighted by Crippen LogP contribution is -2.50. The Hall–Kier alpha value is -1.10. The van der Waals surface area contributed by atoms with E-state index in [9.17, 15) is 9.59 Å². The fourth-order valence-corrected chi connectivity index (χ4v) is 2.22. The number of carbonyl (C=O) groups is 2. The molecule has 1 rings (SSSR count). The first-order chi connectivity index (χ1) is 8.50. The number of piperidine rings is 1. The second kappa shape index (κ2) is 7.36. The summed E-state index contributed by atoms with van der Waals surface area (Å²) in [5.74, 6) is -0.171. The predicted molar refractivity (Wildman–Crippen MR) is 71.2 cm³/mol. The molecular formula is C13H25N3O2. The summed E-state index contributed by atoms with van der Waals surface area (Å²) in [5, 5.41) is 6.01. The van der Waals surface area contributed by atoms with Gasteiger partial charge < -0.3 is 15.5 Å². The molecule has 1 aliphatic rings. The van der Waals surface area contributed by atoms with E-state index in [1.54, 1.807) is 0 Å². The Kier molecular flexibility index (Phi) is 6.12. The van der Waals surface area contributed by atoms with Gasteiger partial charge in [0.2, 0.25) is 11.8 Å². The molecule has 1 fully saturated rings. The number of rotatable bonds is 5. The van der Waals surface area contributed by atoms with E-state index in [1.165, 1.54) is 19.8 Å². The zero-order valence-electron chi connectivity index (χ0n) is 11.7. The van der Waals surface area contributed by atoms with Crippen molar-refractivity contribution in [2.75, 3.05) is 19.6 Å². The van der Waals surface area contributed by atoms with Crippen LogP contribution in [0.15, 0.2) is 0 Å². The topological polar surface area (TPSA) is 61.4 Å². The number of carbonyl (C=O) groups excluding carboxylic acids is 2. The van der Waals surface area contributed by atoms with Gasteiger partial charge in [0.25, 0.3) is 0 Å². The van der Waals surface area contributed by atoms with E-state index in [0.717, 1.165) is 19.5 Å². The molecule has 2 N–H and O–H groups in total. The molecule has 5 nitrogen and oxygen atoms in total. The molecule has 0 saturated carbocycles. The van der Waals surface area contributed by atoms with Gasteiger partial charge in [-0.1, -0.05) is 6.42 Å². The number of nitrogens with one attached hydrogen (secondary N) is 2. The highest BCUT2D eigenvalue weighted by molar-refractivity contribution is 5.83. The van der Waals surface area contributed by atoms with Crippen LogP contribution in [0, 0.1) is 0 Å². The van der Waals surface area contributed by atoms with Gasteiger partial charge in [0.05, 0.1) is 6.54 Å². The van der Waals surface area contributed by atoms with Crippen LogP contribution in [0.3, 0.4) is 0 Å². The third kappa shape index (κ3) is 5.04. The summed E-state index contributed by atoms with van der Waals surface area (Å²) in [5.41, 5.74) is 0. The molecule has 0 radical (unpaired) electrons. The van der Waals surface area contributed by atoms with Gasteiger partial charge in [-0.05, 0) is 33.2 Å². The van der Waals surface area contributed by atoms with Crippen LogP contribution in [0.1, 0.15) is 40.0 Å². The standard InChI is InChI=1S/C13H25N3O2/c1-10(2)16(13(18)8-15-11(3)17)9-12-6-4-5-7-14-12/h10,12,14H,4-9H2,1-3H3,(H,15,17). The smallest absolute Gasteiger partial charge is 0.242 e. The van der Waals surface area contributed by atoms with Crippen LogP contribution in [0.4, 0.5) is 0 Å². The highest BCUT2D eigenvalue weighted by Crippen LogP contribution is 2.10. The predicted octanol–water partition coefficient (Wildman–Crippen LogP) is 0.502. The average Bonchev–Trinajstić information content (AvgIpc) is 2.34.